The van der Waals surface area contributed by atoms with Crippen molar-refractivity contribution < 1.29 is 14.7 Å². The highest BCUT2D eigenvalue weighted by molar-refractivity contribution is 5.78. The number of nitrogens with one attached hydrogen (secondary N) is 1. The van der Waals surface area contributed by atoms with Crippen molar-refractivity contribution in [3.05, 3.63) is 0 Å². The van der Waals surface area contributed by atoms with Crippen LogP contribution in [0.25, 0.3) is 0 Å². The van der Waals surface area contributed by atoms with Crippen LogP contribution in [0.2, 0.25) is 0 Å². The van der Waals surface area contributed by atoms with Gasteiger partial charge in [0.05, 0.1) is 6.54 Å². The monoisotopic (exact) mass is 230 g/mol. The Bertz CT molecular complexity index is 229. The molecule has 0 aliphatic carbocycles. The topological polar surface area (TPSA) is 69.6 Å². The van der Waals surface area contributed by atoms with Crippen LogP contribution in [0, 0.1) is 0 Å². The van der Waals surface area contributed by atoms with Gasteiger partial charge in [0.2, 0.25) is 5.91 Å². The molecular weight excluding hydrogens is 208 g/mol. The van der Waals surface area contributed by atoms with Gasteiger partial charge in [-0.3, -0.25) is 14.5 Å². The molecule has 0 aromatic carbocycles. The van der Waals surface area contributed by atoms with E-state index in [9.17, 15) is 9.59 Å². The number of amides is 1. The summed E-state index contributed by atoms with van der Waals surface area (Å²) in [6, 6.07) is 0.160. The van der Waals surface area contributed by atoms with Crippen LogP contribution < -0.4 is 5.32 Å². The van der Waals surface area contributed by atoms with Gasteiger partial charge in [0, 0.05) is 12.5 Å². The molecule has 0 unspecified atom stereocenters. The summed E-state index contributed by atoms with van der Waals surface area (Å²) < 4.78 is 0. The number of rotatable bonds is 8. The van der Waals surface area contributed by atoms with Gasteiger partial charge >= 0.3 is 5.97 Å². The normalized spacial score (nSPS) is 10.8. The Labute approximate surface area is 96.8 Å². The molecule has 0 aromatic rings. The van der Waals surface area contributed by atoms with Crippen molar-refractivity contribution in [2.45, 2.75) is 39.2 Å². The molecule has 0 bridgehead atoms. The van der Waals surface area contributed by atoms with Gasteiger partial charge in [-0.2, -0.15) is 0 Å². The average molecular weight is 230 g/mol. The highest BCUT2D eigenvalue weighted by Gasteiger charge is 2.07. The minimum atomic E-state index is -0.764. The number of unbranched alkanes of at least 4 members (excludes halogenated alkanes) is 1. The summed E-state index contributed by atoms with van der Waals surface area (Å²) in [6.45, 7) is 4.96. The van der Waals surface area contributed by atoms with Crippen molar-refractivity contribution >= 4 is 11.9 Å². The maximum Gasteiger partial charge on any atom is 0.303 e. The van der Waals surface area contributed by atoms with Gasteiger partial charge in [-0.1, -0.05) is 0 Å². The van der Waals surface area contributed by atoms with Crippen molar-refractivity contribution in [1.82, 2.24) is 10.2 Å². The number of carboxylic acids is 1. The summed E-state index contributed by atoms with van der Waals surface area (Å²) in [5.74, 6) is -0.754. The number of hydrogen-bond donors (Lipinski definition) is 2. The second-order valence-corrected chi connectivity index (χ2v) is 4.31. The first kappa shape index (κ1) is 14.9. The molecule has 1 amide bonds. The molecule has 16 heavy (non-hydrogen) atoms. The summed E-state index contributed by atoms with van der Waals surface area (Å²) in [5, 5.41) is 11.3. The summed E-state index contributed by atoms with van der Waals surface area (Å²) in [4.78, 5) is 23.5. The molecule has 0 saturated carbocycles. The smallest absolute Gasteiger partial charge is 0.303 e. The quantitative estimate of drug-likeness (QED) is 0.602. The minimum Gasteiger partial charge on any atom is -0.481 e. The molecule has 0 spiro atoms. The molecule has 2 N–H and O–H groups in total. The number of carboxylic acid groups (broad SMARTS) is 1. The second kappa shape index (κ2) is 8.10. The Morgan fingerprint density at radius 1 is 1.31 bits per heavy atom. The standard InChI is InChI=1S/C11H22N2O3/c1-9(2)12-10(14)8-13(3)7-5-4-6-11(15)16/h9H,4-8H2,1-3H3,(H,12,14)(H,15,16). The van der Waals surface area contributed by atoms with E-state index >= 15 is 0 Å². The highest BCUT2D eigenvalue weighted by atomic mass is 16.4. The van der Waals surface area contributed by atoms with Crippen LogP contribution >= 0.6 is 0 Å². The Balaban J connectivity index is 3.54. The van der Waals surface area contributed by atoms with Crippen LogP contribution in [-0.4, -0.2) is 48.1 Å². The van der Waals surface area contributed by atoms with Crippen LogP contribution in [0.3, 0.4) is 0 Å². The first-order valence-electron chi connectivity index (χ1n) is 5.61. The third-order valence-electron chi connectivity index (χ3n) is 2.04. The van der Waals surface area contributed by atoms with E-state index in [1.807, 2.05) is 25.8 Å². The third-order valence-corrected chi connectivity index (χ3v) is 2.04. The first-order valence-corrected chi connectivity index (χ1v) is 5.61. The van der Waals surface area contributed by atoms with Gasteiger partial charge in [-0.05, 0) is 40.3 Å². The van der Waals surface area contributed by atoms with E-state index in [2.05, 4.69) is 5.32 Å². The number of carbonyl (C=O) groups is 2. The first-order chi connectivity index (χ1) is 7.41. The lowest BCUT2D eigenvalue weighted by molar-refractivity contribution is -0.137. The Morgan fingerprint density at radius 3 is 2.44 bits per heavy atom. The number of likely N-dealkylation sites (N-methyl/N-ethyl adjacent to an activating group) is 1. The van der Waals surface area contributed by atoms with Gasteiger partial charge < -0.3 is 10.4 Å². The lowest BCUT2D eigenvalue weighted by atomic mass is 10.2. The molecule has 5 nitrogen and oxygen atoms in total. The van der Waals surface area contributed by atoms with Crippen LogP contribution in [0.4, 0.5) is 0 Å². The van der Waals surface area contributed by atoms with E-state index in [0.29, 0.717) is 13.0 Å². The predicted octanol–water partition coefficient (Wildman–Crippen LogP) is 0.698. The molecule has 94 valence electrons. The van der Waals surface area contributed by atoms with Gasteiger partial charge in [0.15, 0.2) is 0 Å². The van der Waals surface area contributed by atoms with E-state index in [0.717, 1.165) is 13.0 Å². The van der Waals surface area contributed by atoms with Crippen molar-refractivity contribution in [1.29, 1.82) is 0 Å². The molecule has 5 heteroatoms. The predicted molar refractivity (Wildman–Crippen MR) is 62.3 cm³/mol. The molecule has 0 heterocycles. The fraction of sp³-hybridized carbons (Fsp3) is 0.818. The fourth-order valence-corrected chi connectivity index (χ4v) is 1.35. The molecule has 0 rings (SSSR count). The molecular formula is C11H22N2O3. The summed E-state index contributed by atoms with van der Waals surface area (Å²) in [7, 11) is 1.86. The Hall–Kier alpha value is -1.10. The molecule has 0 atom stereocenters. The number of hydrogen-bond acceptors (Lipinski definition) is 3. The van der Waals surface area contributed by atoms with Crippen LogP contribution in [0.15, 0.2) is 0 Å². The Morgan fingerprint density at radius 2 is 1.94 bits per heavy atom. The lowest BCUT2D eigenvalue weighted by Gasteiger charge is -2.17. The average Bonchev–Trinajstić information content (AvgIpc) is 2.10. The van der Waals surface area contributed by atoms with Crippen molar-refractivity contribution in [2.24, 2.45) is 0 Å². The Kier molecular flexibility index (Phi) is 7.54. The molecule has 0 aliphatic rings. The SMILES string of the molecule is CC(C)NC(=O)CN(C)CCCCC(=O)O. The number of aliphatic carboxylic acids is 1. The zero-order chi connectivity index (χ0) is 12.6. The van der Waals surface area contributed by atoms with E-state index in [1.54, 1.807) is 0 Å². The molecule has 0 aliphatic heterocycles. The van der Waals surface area contributed by atoms with Crippen molar-refractivity contribution in [2.75, 3.05) is 20.1 Å². The summed E-state index contributed by atoms with van der Waals surface area (Å²) in [5.41, 5.74) is 0. The van der Waals surface area contributed by atoms with Crippen molar-refractivity contribution in [3.8, 4) is 0 Å². The molecule has 0 fully saturated rings. The maximum absolute atomic E-state index is 11.4. The number of carbonyl (C=O) groups excluding carboxylic acids is 1. The van der Waals surface area contributed by atoms with Gasteiger partial charge in [0.25, 0.3) is 0 Å². The van der Waals surface area contributed by atoms with E-state index in [1.165, 1.54) is 0 Å². The minimum absolute atomic E-state index is 0.00994. The van der Waals surface area contributed by atoms with Gasteiger partial charge in [0.1, 0.15) is 0 Å². The van der Waals surface area contributed by atoms with Gasteiger partial charge in [-0.15, -0.1) is 0 Å². The number of nitrogens with zero attached hydrogens (tertiary/aromatic N) is 1. The van der Waals surface area contributed by atoms with Crippen LogP contribution in [0.1, 0.15) is 33.1 Å². The van der Waals surface area contributed by atoms with E-state index < -0.39 is 5.97 Å². The molecule has 0 saturated heterocycles. The highest BCUT2D eigenvalue weighted by Crippen LogP contribution is 1.97. The van der Waals surface area contributed by atoms with Crippen LogP contribution in [-0.2, 0) is 9.59 Å². The summed E-state index contributed by atoms with van der Waals surface area (Å²) >= 11 is 0. The van der Waals surface area contributed by atoms with Crippen molar-refractivity contribution in [3.63, 3.8) is 0 Å². The lowest BCUT2D eigenvalue weighted by Crippen LogP contribution is -2.38. The summed E-state index contributed by atoms with van der Waals surface area (Å²) in [6.07, 6.45) is 1.66. The van der Waals surface area contributed by atoms with E-state index in [-0.39, 0.29) is 18.4 Å². The van der Waals surface area contributed by atoms with E-state index in [4.69, 9.17) is 5.11 Å². The van der Waals surface area contributed by atoms with Crippen LogP contribution in [0.5, 0.6) is 0 Å². The third kappa shape index (κ3) is 9.45. The zero-order valence-electron chi connectivity index (χ0n) is 10.3. The second-order valence-electron chi connectivity index (χ2n) is 4.31. The molecule has 0 radical (unpaired) electrons. The molecule has 0 aromatic heterocycles. The fourth-order valence-electron chi connectivity index (χ4n) is 1.35. The largest absolute Gasteiger partial charge is 0.481 e. The zero-order valence-corrected chi connectivity index (χ0v) is 10.3. The maximum atomic E-state index is 11.4. The van der Waals surface area contributed by atoms with Gasteiger partial charge in [-0.25, -0.2) is 0 Å².